The van der Waals surface area contributed by atoms with Crippen LogP contribution in [0.2, 0.25) is 0 Å². The smallest absolute Gasteiger partial charge is 0.329 e. The number of carbonyl (C=O) groups is 4. The first-order chi connectivity index (χ1) is 28.0. The van der Waals surface area contributed by atoms with Crippen molar-refractivity contribution in [3.63, 3.8) is 0 Å². The Morgan fingerprint density at radius 1 is 0.770 bits per heavy atom. The monoisotopic (exact) mass is 864 g/mol. The van der Waals surface area contributed by atoms with Crippen LogP contribution in [-0.2, 0) is 28.1 Å². The van der Waals surface area contributed by atoms with Crippen molar-refractivity contribution in [1.82, 2.24) is 20.6 Å². The number of urea groups is 2. The summed E-state index contributed by atoms with van der Waals surface area (Å²) in [6.45, 7) is 22.3. The van der Waals surface area contributed by atoms with Gasteiger partial charge in [0.2, 0.25) is 11.8 Å². The number of aromatic nitrogens is 2. The van der Waals surface area contributed by atoms with Gasteiger partial charge >= 0.3 is 12.1 Å². The molecule has 6 amide bonds. The zero-order valence-electron chi connectivity index (χ0n) is 35.1. The standard InChI is InChI=1S/C21H22N4O3.C21H20N4O3.C3H7.CH4.V/c2*1-5-21(4)19(26)25(20(27)24-21)15-7-9-18(23-12-15)28-16-8-6-14(11-22)17(10-16)13(2)3;1-3-2;;/h6-10,12-13H,5H2,1-4H3,(H,24,27);6-10,12H,2,5H2,1,3-4H3,(H,24,27);1,3H2,2H3;1H4;/q;;-1;;/t2*21-;;;/m11.../s1. The summed E-state index contributed by atoms with van der Waals surface area (Å²) in [6, 6.07) is 20.1. The molecule has 2 aliphatic heterocycles. The number of ether oxygens (including phenoxy) is 2. The molecule has 2 aliphatic rings. The number of nitrogens with one attached hydrogen (secondary N) is 2. The van der Waals surface area contributed by atoms with Gasteiger partial charge < -0.3 is 27.0 Å². The molecule has 1 radical (unpaired) electrons. The average molecular weight is 865 g/mol. The van der Waals surface area contributed by atoms with E-state index in [-0.39, 0.29) is 43.7 Å². The topological polar surface area (TPSA) is 191 Å². The number of nitrogens with zero attached hydrogens (tertiary/aromatic N) is 6. The molecule has 319 valence electrons. The Balaban J connectivity index is 0.000000383. The van der Waals surface area contributed by atoms with Gasteiger partial charge in [-0.3, -0.25) is 9.59 Å². The van der Waals surface area contributed by atoms with E-state index in [1.54, 1.807) is 68.4 Å². The molecular formula is C46H53N8O6V-. The second kappa shape index (κ2) is 21.7. The molecule has 6 rings (SSSR count). The number of allylic oxidation sites excluding steroid dienone is 1. The summed E-state index contributed by atoms with van der Waals surface area (Å²) in [6.07, 6.45) is 4.84. The van der Waals surface area contributed by atoms with Gasteiger partial charge in [0.15, 0.2) is 0 Å². The number of imide groups is 2. The number of rotatable bonds is 10. The maximum Gasteiger partial charge on any atom is 0.329 e. The first-order valence-corrected chi connectivity index (χ1v) is 19.1. The molecule has 2 N–H and O–H groups in total. The van der Waals surface area contributed by atoms with Gasteiger partial charge in [-0.1, -0.05) is 48.6 Å². The van der Waals surface area contributed by atoms with Gasteiger partial charge in [0.05, 0.1) is 47.0 Å². The Hall–Kier alpha value is -6.48. The quantitative estimate of drug-likeness (QED) is 0.115. The largest absolute Gasteiger partial charge is 0.439 e. The van der Waals surface area contributed by atoms with E-state index in [0.717, 1.165) is 27.4 Å². The summed E-state index contributed by atoms with van der Waals surface area (Å²) >= 11 is 0. The molecule has 2 atom stereocenters. The van der Waals surface area contributed by atoms with E-state index in [9.17, 15) is 29.7 Å². The van der Waals surface area contributed by atoms with Crippen molar-refractivity contribution in [1.29, 1.82) is 10.5 Å². The summed E-state index contributed by atoms with van der Waals surface area (Å²) in [7, 11) is 0. The SMILES string of the molecule is C.C=C(C)c1cc(Oc2ccc(N3C(=O)N[C@](C)(CC)C3=O)cn2)ccc1C#N.CC[C@@]1(C)NC(=O)N(c2ccc(Oc3ccc(C#N)c(C(C)C)c3)nc2)C1=O.[CH2-]CC.[V]. The van der Waals surface area contributed by atoms with E-state index in [1.807, 2.05) is 47.6 Å². The molecule has 0 bridgehead atoms. The fourth-order valence-electron chi connectivity index (χ4n) is 5.91. The van der Waals surface area contributed by atoms with Crippen LogP contribution in [0.5, 0.6) is 23.3 Å². The minimum absolute atomic E-state index is 0. The van der Waals surface area contributed by atoms with Gasteiger partial charge in [0, 0.05) is 30.7 Å². The van der Waals surface area contributed by atoms with Crippen LogP contribution in [0.25, 0.3) is 5.57 Å². The van der Waals surface area contributed by atoms with Crippen LogP contribution in [0, 0.1) is 29.6 Å². The molecule has 61 heavy (non-hydrogen) atoms. The molecule has 2 aromatic heterocycles. The van der Waals surface area contributed by atoms with Gasteiger partial charge in [0.1, 0.15) is 22.6 Å². The van der Waals surface area contributed by atoms with Crippen molar-refractivity contribution in [2.24, 2.45) is 0 Å². The van der Waals surface area contributed by atoms with Gasteiger partial charge in [0.25, 0.3) is 11.8 Å². The number of hydrogen-bond donors (Lipinski definition) is 2. The minimum Gasteiger partial charge on any atom is -0.439 e. The Bertz CT molecular complexity index is 2320. The molecule has 14 nitrogen and oxygen atoms in total. The third kappa shape index (κ3) is 11.4. The number of benzene rings is 2. The molecule has 0 saturated carbocycles. The van der Waals surface area contributed by atoms with E-state index in [0.29, 0.717) is 64.2 Å². The van der Waals surface area contributed by atoms with E-state index >= 15 is 0 Å². The number of pyridine rings is 2. The van der Waals surface area contributed by atoms with Gasteiger partial charge in [-0.05, 0) is 105 Å². The van der Waals surface area contributed by atoms with Gasteiger partial charge in [-0.2, -0.15) is 16.9 Å². The van der Waals surface area contributed by atoms with Crippen LogP contribution in [0.15, 0.2) is 79.6 Å². The summed E-state index contributed by atoms with van der Waals surface area (Å²) in [5, 5.41) is 23.8. The van der Waals surface area contributed by atoms with E-state index in [1.165, 1.54) is 12.4 Å². The molecule has 4 aromatic rings. The van der Waals surface area contributed by atoms with Crippen LogP contribution in [0.3, 0.4) is 0 Å². The van der Waals surface area contributed by atoms with Crippen LogP contribution in [0.4, 0.5) is 21.0 Å². The number of carbonyl (C=O) groups excluding carboxylic acids is 4. The molecule has 2 saturated heterocycles. The van der Waals surface area contributed by atoms with E-state index in [4.69, 9.17) is 9.47 Å². The van der Waals surface area contributed by atoms with Crippen molar-refractivity contribution in [2.75, 3.05) is 9.80 Å². The molecule has 0 aliphatic carbocycles. The fourth-order valence-corrected chi connectivity index (χ4v) is 5.91. The Morgan fingerprint density at radius 3 is 1.51 bits per heavy atom. The van der Waals surface area contributed by atoms with Crippen LogP contribution in [0.1, 0.15) is 110 Å². The Labute approximate surface area is 370 Å². The third-order valence-corrected chi connectivity index (χ3v) is 9.68. The molecule has 2 fully saturated rings. The van der Waals surface area contributed by atoms with E-state index in [2.05, 4.69) is 46.2 Å². The summed E-state index contributed by atoms with van der Waals surface area (Å²) in [5.41, 5.74) is 2.43. The van der Waals surface area contributed by atoms with Crippen LogP contribution < -0.4 is 29.9 Å². The zero-order valence-corrected chi connectivity index (χ0v) is 36.5. The van der Waals surface area contributed by atoms with Crippen molar-refractivity contribution < 1.29 is 47.2 Å². The number of anilines is 2. The zero-order chi connectivity index (χ0) is 43.7. The fraction of sp³-hybridized carbons (Fsp3) is 0.326. The van der Waals surface area contributed by atoms with Gasteiger partial charge in [-0.15, -0.1) is 0 Å². The molecule has 0 unspecified atom stereocenters. The summed E-state index contributed by atoms with van der Waals surface area (Å²) < 4.78 is 11.5. The Morgan fingerprint density at radius 2 is 1.18 bits per heavy atom. The maximum absolute atomic E-state index is 12.6. The molecule has 4 heterocycles. The predicted octanol–water partition coefficient (Wildman–Crippen LogP) is 9.96. The summed E-state index contributed by atoms with van der Waals surface area (Å²) in [4.78, 5) is 60.1. The second-order valence-corrected chi connectivity index (χ2v) is 14.5. The molecule has 2 aromatic carbocycles. The Kier molecular flexibility index (Phi) is 18.0. The number of nitriles is 2. The van der Waals surface area contributed by atoms with Crippen molar-refractivity contribution >= 4 is 40.8 Å². The average Bonchev–Trinajstić information content (AvgIpc) is 3.60. The maximum atomic E-state index is 12.6. The molecule has 0 spiro atoms. The van der Waals surface area contributed by atoms with Crippen LogP contribution >= 0.6 is 0 Å². The second-order valence-electron chi connectivity index (χ2n) is 14.5. The van der Waals surface area contributed by atoms with Crippen molar-refractivity contribution in [3.05, 3.63) is 109 Å². The molecule has 15 heteroatoms. The predicted molar refractivity (Wildman–Crippen MR) is 232 cm³/mol. The summed E-state index contributed by atoms with van der Waals surface area (Å²) in [5.74, 6) is 1.26. The number of hydrogen-bond acceptors (Lipinski definition) is 10. The van der Waals surface area contributed by atoms with E-state index < -0.39 is 23.1 Å². The first kappa shape index (κ1) is 50.7. The van der Waals surface area contributed by atoms with Crippen LogP contribution in [-0.4, -0.2) is 44.9 Å². The van der Waals surface area contributed by atoms with Crippen molar-refractivity contribution in [3.8, 4) is 35.4 Å². The van der Waals surface area contributed by atoms with Crippen molar-refractivity contribution in [2.45, 2.75) is 99.1 Å². The number of amides is 6. The van der Waals surface area contributed by atoms with Gasteiger partial charge in [-0.25, -0.2) is 29.4 Å². The third-order valence-electron chi connectivity index (χ3n) is 9.68. The first-order valence-electron chi connectivity index (χ1n) is 19.1. The normalized spacial score (nSPS) is 17.5. The molecular weight excluding hydrogens is 811 g/mol. The minimum atomic E-state index is -0.909.